The number of carbonyl (C=O) groups is 1. The van der Waals surface area contributed by atoms with Gasteiger partial charge in [0, 0.05) is 24.0 Å². The van der Waals surface area contributed by atoms with Crippen molar-refractivity contribution in [1.82, 2.24) is 10.2 Å². The summed E-state index contributed by atoms with van der Waals surface area (Å²) >= 11 is 6.38. The van der Waals surface area contributed by atoms with Crippen molar-refractivity contribution in [3.8, 4) is 0 Å². The number of carbonyl (C=O) groups excluding carboxylic acids is 1. The number of nitrogens with one attached hydrogen (secondary N) is 1. The van der Waals surface area contributed by atoms with E-state index in [-0.39, 0.29) is 24.2 Å². The molecule has 1 unspecified atom stereocenters. The minimum Gasteiger partial charge on any atom is -0.348 e. The third-order valence-electron chi connectivity index (χ3n) is 5.14. The van der Waals surface area contributed by atoms with E-state index in [9.17, 15) is 9.18 Å². The third kappa shape index (κ3) is 5.77. The monoisotopic (exact) mass is 403 g/mol. The summed E-state index contributed by atoms with van der Waals surface area (Å²) in [5.74, 6) is -0.436. The third-order valence-corrected chi connectivity index (χ3v) is 5.49. The highest BCUT2D eigenvalue weighted by molar-refractivity contribution is 6.31. The maximum atomic E-state index is 13.8. The zero-order chi connectivity index (χ0) is 19.9. The van der Waals surface area contributed by atoms with E-state index in [0.717, 1.165) is 25.2 Å². The summed E-state index contributed by atoms with van der Waals surface area (Å²) in [6.07, 6.45) is 2.81. The standard InChI is InChI=1S/C22H27ClFN3O/c23-19-9-3-2-8-18(19)21(15-27-11-5-6-12-27)26-22(28)14-17(25)13-16-7-1-4-10-20(16)24/h1-4,7-10,17,21H,5-6,11-15,25H2,(H,26,28)/t17-,21?/m1/s1. The number of amides is 1. The van der Waals surface area contributed by atoms with E-state index in [0.29, 0.717) is 17.0 Å². The van der Waals surface area contributed by atoms with Gasteiger partial charge in [0.05, 0.1) is 6.04 Å². The molecule has 3 N–H and O–H groups in total. The molecule has 1 aliphatic heterocycles. The molecule has 6 heteroatoms. The van der Waals surface area contributed by atoms with Crippen LogP contribution in [0.1, 0.15) is 36.4 Å². The maximum absolute atomic E-state index is 13.8. The maximum Gasteiger partial charge on any atom is 0.222 e. The van der Waals surface area contributed by atoms with Gasteiger partial charge in [-0.2, -0.15) is 0 Å². The molecule has 2 atom stereocenters. The fourth-order valence-corrected chi connectivity index (χ4v) is 3.98. The van der Waals surface area contributed by atoms with Crippen LogP contribution in [0.15, 0.2) is 48.5 Å². The van der Waals surface area contributed by atoms with Crippen molar-refractivity contribution in [2.45, 2.75) is 37.8 Å². The molecule has 4 nitrogen and oxygen atoms in total. The summed E-state index contributed by atoms with van der Waals surface area (Å²) in [6, 6.07) is 13.5. The van der Waals surface area contributed by atoms with Gasteiger partial charge >= 0.3 is 0 Å². The lowest BCUT2D eigenvalue weighted by Crippen LogP contribution is -2.39. The van der Waals surface area contributed by atoms with Gasteiger partial charge in [0.2, 0.25) is 5.91 Å². The Morgan fingerprint density at radius 2 is 1.82 bits per heavy atom. The van der Waals surface area contributed by atoms with Gasteiger partial charge in [-0.1, -0.05) is 48.0 Å². The molecule has 1 fully saturated rings. The van der Waals surface area contributed by atoms with Gasteiger partial charge in [-0.3, -0.25) is 4.79 Å². The molecule has 1 aliphatic rings. The number of benzene rings is 2. The molecule has 0 spiro atoms. The largest absolute Gasteiger partial charge is 0.348 e. The lowest BCUT2D eigenvalue weighted by atomic mass is 10.0. The molecule has 1 heterocycles. The van der Waals surface area contributed by atoms with Crippen LogP contribution >= 0.6 is 11.6 Å². The zero-order valence-electron chi connectivity index (χ0n) is 15.9. The number of hydrogen-bond acceptors (Lipinski definition) is 3. The van der Waals surface area contributed by atoms with Gasteiger partial charge in [-0.05, 0) is 55.6 Å². The lowest BCUT2D eigenvalue weighted by Gasteiger charge is -2.26. The first kappa shape index (κ1) is 20.8. The Balaban J connectivity index is 1.63. The van der Waals surface area contributed by atoms with Gasteiger partial charge in [-0.15, -0.1) is 0 Å². The molecule has 0 aliphatic carbocycles. The Bertz CT molecular complexity index is 795. The normalized spacial score (nSPS) is 16.7. The Kier molecular flexibility index (Phi) is 7.43. The van der Waals surface area contributed by atoms with E-state index in [1.165, 1.54) is 18.9 Å². The summed E-state index contributed by atoms with van der Waals surface area (Å²) in [7, 11) is 0. The van der Waals surface area contributed by atoms with Crippen LogP contribution < -0.4 is 11.1 Å². The van der Waals surface area contributed by atoms with Crippen LogP contribution in [0.25, 0.3) is 0 Å². The molecule has 3 rings (SSSR count). The number of rotatable bonds is 8. The Morgan fingerprint density at radius 3 is 2.54 bits per heavy atom. The quantitative estimate of drug-likeness (QED) is 0.706. The molecule has 0 radical (unpaired) electrons. The van der Waals surface area contributed by atoms with Gasteiger partial charge in [0.1, 0.15) is 5.82 Å². The van der Waals surface area contributed by atoms with Crippen molar-refractivity contribution in [3.05, 3.63) is 70.5 Å². The van der Waals surface area contributed by atoms with Crippen LogP contribution in [-0.4, -0.2) is 36.5 Å². The van der Waals surface area contributed by atoms with E-state index in [4.69, 9.17) is 17.3 Å². The molecule has 2 aromatic carbocycles. The summed E-state index contributed by atoms with van der Waals surface area (Å²) < 4.78 is 13.8. The van der Waals surface area contributed by atoms with E-state index in [1.54, 1.807) is 18.2 Å². The molecule has 0 bridgehead atoms. The molecule has 1 saturated heterocycles. The van der Waals surface area contributed by atoms with E-state index in [2.05, 4.69) is 10.2 Å². The highest BCUT2D eigenvalue weighted by atomic mass is 35.5. The van der Waals surface area contributed by atoms with Crippen molar-refractivity contribution in [2.75, 3.05) is 19.6 Å². The molecule has 0 aromatic heterocycles. The number of nitrogens with zero attached hydrogens (tertiary/aromatic N) is 1. The van der Waals surface area contributed by atoms with Gasteiger partial charge in [-0.25, -0.2) is 4.39 Å². The summed E-state index contributed by atoms with van der Waals surface area (Å²) in [4.78, 5) is 15.0. The second-order valence-electron chi connectivity index (χ2n) is 7.41. The van der Waals surface area contributed by atoms with Crippen molar-refractivity contribution >= 4 is 17.5 Å². The van der Waals surface area contributed by atoms with Gasteiger partial charge in [0.25, 0.3) is 0 Å². The predicted octanol–water partition coefficient (Wildman–Crippen LogP) is 3.69. The molecular formula is C22H27ClFN3O. The van der Waals surface area contributed by atoms with Crippen LogP contribution in [0.5, 0.6) is 0 Å². The highest BCUT2D eigenvalue weighted by Gasteiger charge is 2.23. The second-order valence-corrected chi connectivity index (χ2v) is 7.82. The van der Waals surface area contributed by atoms with Gasteiger partial charge < -0.3 is 16.0 Å². The SMILES string of the molecule is N[C@@H](CC(=O)NC(CN1CCCC1)c1ccccc1Cl)Cc1ccccc1F. The van der Waals surface area contributed by atoms with Gasteiger partial charge in [0.15, 0.2) is 0 Å². The molecule has 1 amide bonds. The zero-order valence-corrected chi connectivity index (χ0v) is 16.7. The predicted molar refractivity (Wildman–Crippen MR) is 111 cm³/mol. The van der Waals surface area contributed by atoms with Crippen molar-refractivity contribution < 1.29 is 9.18 Å². The first-order valence-corrected chi connectivity index (χ1v) is 10.2. The van der Waals surface area contributed by atoms with Crippen LogP contribution in [0, 0.1) is 5.82 Å². The fourth-order valence-electron chi connectivity index (χ4n) is 3.71. The Hall–Kier alpha value is -1.95. The molecule has 0 saturated carbocycles. The Morgan fingerprint density at radius 1 is 1.14 bits per heavy atom. The number of nitrogens with two attached hydrogens (primary N) is 1. The Labute approximate surface area is 170 Å². The summed E-state index contributed by atoms with van der Waals surface area (Å²) in [6.45, 7) is 2.78. The van der Waals surface area contributed by atoms with Crippen LogP contribution in [0.3, 0.4) is 0 Å². The molecule has 28 heavy (non-hydrogen) atoms. The molecule has 2 aromatic rings. The molecule has 150 valence electrons. The number of halogens is 2. The summed E-state index contributed by atoms with van der Waals surface area (Å²) in [5, 5.41) is 3.73. The van der Waals surface area contributed by atoms with E-state index < -0.39 is 6.04 Å². The van der Waals surface area contributed by atoms with E-state index in [1.807, 2.05) is 24.3 Å². The number of likely N-dealkylation sites (tertiary alicyclic amines) is 1. The van der Waals surface area contributed by atoms with Crippen LogP contribution in [0.4, 0.5) is 4.39 Å². The minimum atomic E-state index is -0.449. The van der Waals surface area contributed by atoms with Crippen molar-refractivity contribution in [3.63, 3.8) is 0 Å². The average molecular weight is 404 g/mol. The summed E-state index contributed by atoms with van der Waals surface area (Å²) in [5.41, 5.74) is 7.56. The second kappa shape index (κ2) is 10.0. The first-order chi connectivity index (χ1) is 13.5. The minimum absolute atomic E-state index is 0.134. The van der Waals surface area contributed by atoms with Crippen LogP contribution in [-0.2, 0) is 11.2 Å². The van der Waals surface area contributed by atoms with Crippen LogP contribution in [0.2, 0.25) is 5.02 Å². The highest BCUT2D eigenvalue weighted by Crippen LogP contribution is 2.25. The van der Waals surface area contributed by atoms with E-state index >= 15 is 0 Å². The first-order valence-electron chi connectivity index (χ1n) is 9.78. The number of hydrogen-bond donors (Lipinski definition) is 2. The lowest BCUT2D eigenvalue weighted by molar-refractivity contribution is -0.122. The van der Waals surface area contributed by atoms with Crippen molar-refractivity contribution in [2.24, 2.45) is 5.73 Å². The fraction of sp³-hybridized carbons (Fsp3) is 0.409. The molecular weight excluding hydrogens is 377 g/mol. The topological polar surface area (TPSA) is 58.4 Å². The van der Waals surface area contributed by atoms with Crippen molar-refractivity contribution in [1.29, 1.82) is 0 Å². The smallest absolute Gasteiger partial charge is 0.222 e. The average Bonchev–Trinajstić information content (AvgIpc) is 3.16.